The highest BCUT2D eigenvalue weighted by Crippen LogP contribution is 2.32. The van der Waals surface area contributed by atoms with Gasteiger partial charge in [-0.25, -0.2) is 4.98 Å². The summed E-state index contributed by atoms with van der Waals surface area (Å²) in [6.45, 7) is 0.692. The van der Waals surface area contributed by atoms with Crippen molar-refractivity contribution < 1.29 is 0 Å². The number of hydrogen-bond donors (Lipinski definition) is 1. The molecule has 1 aliphatic carbocycles. The van der Waals surface area contributed by atoms with Crippen LogP contribution in [0, 0.1) is 11.3 Å². The molecule has 0 aliphatic heterocycles. The number of nitrogens with zero attached hydrogens (tertiary/aromatic N) is 3. The summed E-state index contributed by atoms with van der Waals surface area (Å²) in [5.74, 6) is 0. The molecule has 1 aromatic heterocycles. The molecule has 1 heterocycles. The zero-order valence-electron chi connectivity index (χ0n) is 19.5. The second kappa shape index (κ2) is 10.6. The SMILES string of the molecule is N#Cc1ccc(Cn2cncc2-c2ccccc2NC2C=C(c3cccc(Cl)c3)CCCC2)cc1. The third-order valence-electron chi connectivity index (χ3n) is 6.50. The van der Waals surface area contributed by atoms with Crippen LogP contribution in [-0.2, 0) is 6.54 Å². The molecule has 0 bridgehead atoms. The lowest BCUT2D eigenvalue weighted by Gasteiger charge is -2.20. The van der Waals surface area contributed by atoms with Gasteiger partial charge < -0.3 is 9.88 Å². The van der Waals surface area contributed by atoms with Crippen LogP contribution in [0.2, 0.25) is 5.02 Å². The number of hydrogen-bond acceptors (Lipinski definition) is 3. The standard InChI is InChI=1S/C30H27ClN4/c31-26-8-5-7-24(16-26)25-6-1-2-9-27(17-25)34-29-11-4-3-10-28(29)30-19-33-21-35(30)20-23-14-12-22(18-32)13-15-23/h3-5,7-8,10-17,19,21,27,34H,1-2,6,9,20H2. The molecular weight excluding hydrogens is 452 g/mol. The summed E-state index contributed by atoms with van der Waals surface area (Å²) in [7, 11) is 0. The molecule has 4 aromatic rings. The number of anilines is 1. The summed E-state index contributed by atoms with van der Waals surface area (Å²) in [6, 6.07) is 26.7. The minimum Gasteiger partial charge on any atom is -0.378 e. The van der Waals surface area contributed by atoms with E-state index in [0.717, 1.165) is 40.4 Å². The van der Waals surface area contributed by atoms with Gasteiger partial charge in [0.25, 0.3) is 0 Å². The Morgan fingerprint density at radius 3 is 2.71 bits per heavy atom. The molecule has 0 saturated heterocycles. The van der Waals surface area contributed by atoms with Gasteiger partial charge in [-0.2, -0.15) is 5.26 Å². The number of aromatic nitrogens is 2. The van der Waals surface area contributed by atoms with Gasteiger partial charge in [-0.1, -0.05) is 66.6 Å². The highest BCUT2D eigenvalue weighted by atomic mass is 35.5. The summed E-state index contributed by atoms with van der Waals surface area (Å²) in [4.78, 5) is 4.45. The van der Waals surface area contributed by atoms with Crippen molar-refractivity contribution in [2.75, 3.05) is 5.32 Å². The fourth-order valence-corrected chi connectivity index (χ4v) is 4.91. The van der Waals surface area contributed by atoms with Crippen LogP contribution >= 0.6 is 11.6 Å². The molecule has 5 heteroatoms. The van der Waals surface area contributed by atoms with Crippen molar-refractivity contribution in [1.82, 2.24) is 9.55 Å². The number of nitriles is 1. The Morgan fingerprint density at radius 1 is 1.03 bits per heavy atom. The quantitative estimate of drug-likeness (QED) is 0.311. The van der Waals surface area contributed by atoms with Crippen LogP contribution < -0.4 is 5.32 Å². The van der Waals surface area contributed by atoms with Crippen molar-refractivity contribution in [3.8, 4) is 17.3 Å². The zero-order chi connectivity index (χ0) is 24.0. The molecule has 1 aliphatic rings. The monoisotopic (exact) mass is 478 g/mol. The number of rotatable bonds is 6. The number of imidazole rings is 1. The lowest BCUT2D eigenvalue weighted by atomic mass is 10.0. The number of allylic oxidation sites excluding steroid dienone is 1. The van der Waals surface area contributed by atoms with E-state index in [1.165, 1.54) is 24.0 Å². The molecule has 4 nitrogen and oxygen atoms in total. The predicted octanol–water partition coefficient (Wildman–Crippen LogP) is 7.56. The van der Waals surface area contributed by atoms with Gasteiger partial charge in [-0.05, 0) is 66.3 Å². The van der Waals surface area contributed by atoms with E-state index >= 15 is 0 Å². The van der Waals surface area contributed by atoms with E-state index in [2.05, 4.69) is 63.4 Å². The second-order valence-corrected chi connectivity index (χ2v) is 9.40. The fourth-order valence-electron chi connectivity index (χ4n) is 4.72. The molecule has 35 heavy (non-hydrogen) atoms. The molecule has 0 spiro atoms. The normalized spacial score (nSPS) is 15.7. The average Bonchev–Trinajstić information content (AvgIpc) is 3.21. The molecule has 0 saturated carbocycles. The first-order valence-electron chi connectivity index (χ1n) is 12.0. The molecule has 0 amide bonds. The van der Waals surface area contributed by atoms with E-state index in [4.69, 9.17) is 16.9 Å². The van der Waals surface area contributed by atoms with Crippen molar-refractivity contribution in [2.24, 2.45) is 0 Å². The molecule has 0 fully saturated rings. The highest BCUT2D eigenvalue weighted by molar-refractivity contribution is 6.30. The van der Waals surface area contributed by atoms with Crippen LogP contribution in [0.4, 0.5) is 5.69 Å². The number of nitrogens with one attached hydrogen (secondary N) is 1. The van der Waals surface area contributed by atoms with Crippen LogP contribution in [0.25, 0.3) is 16.8 Å². The predicted molar refractivity (Wildman–Crippen MR) is 143 cm³/mol. The van der Waals surface area contributed by atoms with Crippen molar-refractivity contribution >= 4 is 22.9 Å². The van der Waals surface area contributed by atoms with E-state index in [1.807, 2.05) is 48.9 Å². The lowest BCUT2D eigenvalue weighted by molar-refractivity contribution is 0.680. The van der Waals surface area contributed by atoms with E-state index in [1.54, 1.807) is 0 Å². The summed E-state index contributed by atoms with van der Waals surface area (Å²) < 4.78 is 2.15. The fraction of sp³-hybridized carbons (Fsp3) is 0.200. The van der Waals surface area contributed by atoms with E-state index < -0.39 is 0 Å². The highest BCUT2D eigenvalue weighted by Gasteiger charge is 2.17. The Kier molecular flexibility index (Phi) is 6.97. The van der Waals surface area contributed by atoms with Gasteiger partial charge in [-0.15, -0.1) is 0 Å². The second-order valence-electron chi connectivity index (χ2n) is 8.96. The smallest absolute Gasteiger partial charge is 0.0991 e. The Balaban J connectivity index is 1.41. The topological polar surface area (TPSA) is 53.6 Å². The minimum atomic E-state index is 0.238. The van der Waals surface area contributed by atoms with Gasteiger partial charge in [-0.3, -0.25) is 0 Å². The maximum absolute atomic E-state index is 9.07. The summed E-state index contributed by atoms with van der Waals surface area (Å²) in [6.07, 6.45) is 10.7. The van der Waals surface area contributed by atoms with Gasteiger partial charge in [0.2, 0.25) is 0 Å². The van der Waals surface area contributed by atoms with Gasteiger partial charge in [0.15, 0.2) is 0 Å². The summed E-state index contributed by atoms with van der Waals surface area (Å²) in [5.41, 5.74) is 7.65. The van der Waals surface area contributed by atoms with Crippen LogP contribution in [-0.4, -0.2) is 15.6 Å². The van der Waals surface area contributed by atoms with E-state index in [9.17, 15) is 0 Å². The van der Waals surface area contributed by atoms with Crippen molar-refractivity contribution in [2.45, 2.75) is 38.3 Å². The van der Waals surface area contributed by atoms with Crippen molar-refractivity contribution in [1.29, 1.82) is 5.26 Å². The molecule has 5 rings (SSSR count). The van der Waals surface area contributed by atoms with Gasteiger partial charge in [0, 0.05) is 28.9 Å². The van der Waals surface area contributed by atoms with Crippen molar-refractivity contribution in [3.05, 3.63) is 113 Å². The summed E-state index contributed by atoms with van der Waals surface area (Å²) in [5, 5.41) is 13.7. The first-order chi connectivity index (χ1) is 17.2. The number of benzene rings is 3. The molecule has 174 valence electrons. The first kappa shape index (κ1) is 23.0. The molecule has 1 unspecified atom stereocenters. The largest absolute Gasteiger partial charge is 0.378 e. The van der Waals surface area contributed by atoms with Crippen LogP contribution in [0.15, 0.2) is 91.4 Å². The first-order valence-corrected chi connectivity index (χ1v) is 12.4. The average molecular weight is 479 g/mol. The van der Waals surface area contributed by atoms with Crippen LogP contribution in [0.3, 0.4) is 0 Å². The number of halogens is 1. The van der Waals surface area contributed by atoms with Crippen LogP contribution in [0.5, 0.6) is 0 Å². The van der Waals surface area contributed by atoms with Crippen molar-refractivity contribution in [3.63, 3.8) is 0 Å². The lowest BCUT2D eigenvalue weighted by Crippen LogP contribution is -2.17. The Morgan fingerprint density at radius 2 is 1.89 bits per heavy atom. The molecule has 3 aromatic carbocycles. The van der Waals surface area contributed by atoms with E-state index in [0.29, 0.717) is 12.1 Å². The minimum absolute atomic E-state index is 0.238. The van der Waals surface area contributed by atoms with E-state index in [-0.39, 0.29) is 6.04 Å². The Hall–Kier alpha value is -3.81. The third kappa shape index (κ3) is 5.48. The van der Waals surface area contributed by atoms with Gasteiger partial charge in [0.05, 0.1) is 29.9 Å². The maximum atomic E-state index is 9.07. The van der Waals surface area contributed by atoms with Gasteiger partial charge in [0.1, 0.15) is 0 Å². The molecular formula is C30H27ClN4. The van der Waals surface area contributed by atoms with Gasteiger partial charge >= 0.3 is 0 Å². The zero-order valence-corrected chi connectivity index (χ0v) is 20.2. The molecule has 1 N–H and O–H groups in total. The maximum Gasteiger partial charge on any atom is 0.0991 e. The molecule has 1 atom stereocenters. The third-order valence-corrected chi connectivity index (χ3v) is 6.74. The Labute approximate surface area is 211 Å². The molecule has 0 radical (unpaired) electrons. The Bertz CT molecular complexity index is 1380. The van der Waals surface area contributed by atoms with Crippen LogP contribution in [0.1, 0.15) is 42.4 Å². The number of para-hydroxylation sites is 1. The summed E-state index contributed by atoms with van der Waals surface area (Å²) >= 11 is 6.27.